The molecule has 0 saturated carbocycles. The predicted octanol–water partition coefficient (Wildman–Crippen LogP) is 4.56. The second kappa shape index (κ2) is 10.5. The summed E-state index contributed by atoms with van der Waals surface area (Å²) in [6.45, 7) is 1.72. The van der Waals surface area contributed by atoms with Crippen molar-refractivity contribution >= 4 is 40.9 Å². The van der Waals surface area contributed by atoms with Gasteiger partial charge in [0.05, 0.1) is 11.1 Å². The van der Waals surface area contributed by atoms with Gasteiger partial charge in [0, 0.05) is 11.8 Å². The Morgan fingerprint density at radius 2 is 1.74 bits per heavy atom. The summed E-state index contributed by atoms with van der Waals surface area (Å²) in [5.41, 5.74) is 7.55. The minimum Gasteiger partial charge on any atom is -0.383 e. The number of benzene rings is 2. The molecule has 0 aliphatic carbocycles. The van der Waals surface area contributed by atoms with Gasteiger partial charge in [-0.1, -0.05) is 65.4 Å². The molecule has 2 amide bonds. The van der Waals surface area contributed by atoms with Crippen LogP contribution < -0.4 is 16.4 Å². The molecule has 0 radical (unpaired) electrons. The zero-order valence-electron chi connectivity index (χ0n) is 18.6. The van der Waals surface area contributed by atoms with Crippen LogP contribution in [0, 0.1) is 18.3 Å². The number of nitrogen functional groups attached to an aromatic ring is 1. The van der Waals surface area contributed by atoms with Gasteiger partial charge in [0.1, 0.15) is 27.9 Å². The van der Waals surface area contributed by atoms with Crippen molar-refractivity contribution in [3.8, 4) is 6.07 Å². The minimum absolute atomic E-state index is 0.0562. The summed E-state index contributed by atoms with van der Waals surface area (Å²) in [4.78, 5) is 30.2. The van der Waals surface area contributed by atoms with Crippen molar-refractivity contribution in [3.63, 3.8) is 0 Å². The number of thioether (sulfide) groups is 1. The molecule has 4 N–H and O–H groups in total. The Labute approximate surface area is 205 Å². The first-order valence-corrected chi connectivity index (χ1v) is 11.4. The van der Waals surface area contributed by atoms with Crippen molar-refractivity contribution in [1.82, 2.24) is 10.1 Å². The summed E-state index contributed by atoms with van der Waals surface area (Å²) < 4.78 is 5.02. The summed E-state index contributed by atoms with van der Waals surface area (Å²) >= 11 is 1.05. The number of para-hydroxylation sites is 1. The van der Waals surface area contributed by atoms with Gasteiger partial charge in [-0.2, -0.15) is 5.26 Å². The number of nitrogens with one attached hydrogen (secondary N) is 2. The van der Waals surface area contributed by atoms with Crippen LogP contribution in [-0.2, 0) is 4.79 Å². The third kappa shape index (κ3) is 5.66. The number of nitrogens with two attached hydrogens (primary N) is 1. The van der Waals surface area contributed by atoms with E-state index >= 15 is 0 Å². The number of nitrogens with zero attached hydrogens (tertiary/aromatic N) is 3. The molecule has 35 heavy (non-hydrogen) atoms. The SMILES string of the molecule is Cc1cc(NC(=O)C(Sc2nc(N)c(C(=O)Nc3ccccc3)cc2C#N)c2ccccc2)no1. The zero-order chi connectivity index (χ0) is 24.8. The van der Waals surface area contributed by atoms with Crippen LogP contribution in [0.5, 0.6) is 0 Å². The van der Waals surface area contributed by atoms with Crippen LogP contribution in [-0.4, -0.2) is 22.0 Å². The lowest BCUT2D eigenvalue weighted by Gasteiger charge is -2.17. The van der Waals surface area contributed by atoms with Crippen molar-refractivity contribution < 1.29 is 14.1 Å². The minimum atomic E-state index is -0.781. The van der Waals surface area contributed by atoms with E-state index in [0.29, 0.717) is 17.0 Å². The number of nitriles is 1. The Balaban J connectivity index is 1.63. The van der Waals surface area contributed by atoms with Crippen LogP contribution in [0.25, 0.3) is 0 Å². The van der Waals surface area contributed by atoms with E-state index in [4.69, 9.17) is 10.3 Å². The van der Waals surface area contributed by atoms with Crippen molar-refractivity contribution in [2.45, 2.75) is 17.2 Å². The van der Waals surface area contributed by atoms with Gasteiger partial charge in [-0.3, -0.25) is 9.59 Å². The van der Waals surface area contributed by atoms with Crippen LogP contribution in [0.1, 0.15) is 32.5 Å². The Bertz CT molecular complexity index is 1400. The second-order valence-corrected chi connectivity index (χ2v) is 8.52. The maximum absolute atomic E-state index is 13.2. The number of pyridine rings is 1. The average molecular weight is 485 g/mol. The largest absolute Gasteiger partial charge is 0.383 e. The molecule has 174 valence electrons. The fourth-order valence-corrected chi connectivity index (χ4v) is 4.28. The maximum Gasteiger partial charge on any atom is 0.259 e. The molecule has 0 bridgehead atoms. The first-order chi connectivity index (χ1) is 16.9. The summed E-state index contributed by atoms with van der Waals surface area (Å²) in [7, 11) is 0. The van der Waals surface area contributed by atoms with Gasteiger partial charge < -0.3 is 20.9 Å². The highest BCUT2D eigenvalue weighted by Crippen LogP contribution is 2.38. The van der Waals surface area contributed by atoms with Crippen LogP contribution in [0.15, 0.2) is 82.3 Å². The van der Waals surface area contributed by atoms with Crippen molar-refractivity contribution in [2.75, 3.05) is 16.4 Å². The molecule has 4 rings (SSSR count). The topological polar surface area (TPSA) is 147 Å². The average Bonchev–Trinajstić information content (AvgIpc) is 3.27. The highest BCUT2D eigenvalue weighted by Gasteiger charge is 2.26. The van der Waals surface area contributed by atoms with Crippen LogP contribution in [0.4, 0.5) is 17.3 Å². The smallest absolute Gasteiger partial charge is 0.259 e. The summed E-state index contributed by atoms with van der Waals surface area (Å²) in [6.07, 6.45) is 0. The number of amides is 2. The first-order valence-electron chi connectivity index (χ1n) is 10.5. The lowest BCUT2D eigenvalue weighted by Crippen LogP contribution is -2.20. The lowest BCUT2D eigenvalue weighted by atomic mass is 10.1. The maximum atomic E-state index is 13.2. The summed E-state index contributed by atoms with van der Waals surface area (Å²) in [5.74, 6) is -0.110. The van der Waals surface area contributed by atoms with Gasteiger partial charge in [0.25, 0.3) is 5.91 Å². The number of rotatable bonds is 7. The molecule has 0 fully saturated rings. The molecule has 2 aromatic heterocycles. The molecule has 4 aromatic rings. The van der Waals surface area contributed by atoms with Crippen molar-refractivity contribution in [3.05, 3.63) is 95.2 Å². The monoisotopic (exact) mass is 484 g/mol. The number of anilines is 3. The van der Waals surface area contributed by atoms with E-state index in [1.165, 1.54) is 6.07 Å². The highest BCUT2D eigenvalue weighted by molar-refractivity contribution is 8.00. The molecule has 0 saturated heterocycles. The van der Waals surface area contributed by atoms with E-state index in [1.54, 1.807) is 61.5 Å². The molecular weight excluding hydrogens is 464 g/mol. The number of carbonyl (C=O) groups is 2. The molecule has 0 aliphatic heterocycles. The Hall–Kier alpha value is -4.62. The van der Waals surface area contributed by atoms with Gasteiger partial charge in [-0.05, 0) is 30.7 Å². The number of hydrogen-bond acceptors (Lipinski definition) is 8. The van der Waals surface area contributed by atoms with E-state index in [2.05, 4.69) is 26.8 Å². The summed E-state index contributed by atoms with van der Waals surface area (Å²) in [5, 5.41) is 18.5. The molecule has 0 spiro atoms. The normalized spacial score (nSPS) is 11.3. The molecular formula is C25H20N6O3S. The molecule has 2 aromatic carbocycles. The zero-order valence-corrected chi connectivity index (χ0v) is 19.4. The Morgan fingerprint density at radius 1 is 1.06 bits per heavy atom. The van der Waals surface area contributed by atoms with E-state index in [1.807, 2.05) is 12.1 Å². The molecule has 2 heterocycles. The molecule has 9 nitrogen and oxygen atoms in total. The number of aromatic nitrogens is 2. The quantitative estimate of drug-likeness (QED) is 0.324. The van der Waals surface area contributed by atoms with Gasteiger partial charge in [-0.25, -0.2) is 4.98 Å². The van der Waals surface area contributed by atoms with Crippen LogP contribution >= 0.6 is 11.8 Å². The molecule has 1 atom stereocenters. The fraction of sp³-hybridized carbons (Fsp3) is 0.0800. The summed E-state index contributed by atoms with van der Waals surface area (Å²) in [6, 6.07) is 22.9. The van der Waals surface area contributed by atoms with Crippen molar-refractivity contribution in [1.29, 1.82) is 5.26 Å². The van der Waals surface area contributed by atoms with Crippen LogP contribution in [0.3, 0.4) is 0 Å². The van der Waals surface area contributed by atoms with Gasteiger partial charge >= 0.3 is 0 Å². The Kier molecular flexibility index (Phi) is 7.09. The predicted molar refractivity (Wildman–Crippen MR) is 133 cm³/mol. The van der Waals surface area contributed by atoms with E-state index in [-0.39, 0.29) is 33.7 Å². The van der Waals surface area contributed by atoms with Crippen molar-refractivity contribution in [2.24, 2.45) is 0 Å². The highest BCUT2D eigenvalue weighted by atomic mass is 32.2. The number of carbonyl (C=O) groups excluding carboxylic acids is 2. The third-order valence-corrected chi connectivity index (χ3v) is 6.12. The number of aryl methyl sites for hydroxylation is 1. The first kappa shape index (κ1) is 23.5. The number of hydrogen-bond donors (Lipinski definition) is 3. The second-order valence-electron chi connectivity index (χ2n) is 7.43. The van der Waals surface area contributed by atoms with Gasteiger partial charge in [0.15, 0.2) is 5.82 Å². The molecule has 0 aliphatic rings. The van der Waals surface area contributed by atoms with E-state index < -0.39 is 11.2 Å². The third-order valence-electron chi connectivity index (χ3n) is 4.86. The van der Waals surface area contributed by atoms with Gasteiger partial charge in [-0.15, -0.1) is 0 Å². The Morgan fingerprint density at radius 3 is 2.37 bits per heavy atom. The lowest BCUT2D eigenvalue weighted by molar-refractivity contribution is -0.115. The van der Waals surface area contributed by atoms with E-state index in [9.17, 15) is 14.9 Å². The van der Waals surface area contributed by atoms with Crippen LogP contribution in [0.2, 0.25) is 0 Å². The van der Waals surface area contributed by atoms with Gasteiger partial charge in [0.2, 0.25) is 5.91 Å². The van der Waals surface area contributed by atoms with E-state index in [0.717, 1.165) is 11.8 Å². The fourth-order valence-electron chi connectivity index (χ4n) is 3.21. The standard InChI is InChI=1S/C25H20N6O3S/c1-15-12-20(31-34-15)29-24(33)21(16-8-4-2-5-9-16)35-25-17(14-26)13-19(22(27)30-25)23(32)28-18-10-6-3-7-11-18/h2-13,21H,1H3,(H2,27,30)(H,28,32)(H,29,31,33). The molecule has 1 unspecified atom stereocenters. The molecule has 10 heteroatoms.